The van der Waals surface area contributed by atoms with Gasteiger partial charge in [0.2, 0.25) is 0 Å². The molecule has 0 spiro atoms. The summed E-state index contributed by atoms with van der Waals surface area (Å²) in [5.41, 5.74) is 3.34. The molecule has 1 aliphatic heterocycles. The molecule has 37 heavy (non-hydrogen) atoms. The van der Waals surface area contributed by atoms with Crippen LogP contribution in [0.4, 0.5) is 11.6 Å². The van der Waals surface area contributed by atoms with Crippen LogP contribution in [0.3, 0.4) is 0 Å². The highest BCUT2D eigenvalue weighted by Crippen LogP contribution is 2.24. The molecule has 5 heterocycles. The zero-order valence-corrected chi connectivity index (χ0v) is 21.9. The van der Waals surface area contributed by atoms with Gasteiger partial charge in [0.05, 0.1) is 35.7 Å². The molecule has 4 aromatic heterocycles. The van der Waals surface area contributed by atoms with Gasteiger partial charge in [-0.25, -0.2) is 15.0 Å². The Morgan fingerprint density at radius 2 is 1.84 bits per heavy atom. The average Bonchev–Trinajstić information content (AvgIpc) is 2.82. The van der Waals surface area contributed by atoms with Crippen LogP contribution in [-0.4, -0.2) is 74.4 Å². The summed E-state index contributed by atoms with van der Waals surface area (Å²) in [5.74, 6) is 1.54. The topological polar surface area (TPSA) is 100 Å². The lowest BCUT2D eigenvalue weighted by molar-refractivity contribution is 0.0992. The lowest BCUT2D eigenvalue weighted by Crippen LogP contribution is -2.57. The zero-order chi connectivity index (χ0) is 26.2. The second-order valence-corrected chi connectivity index (χ2v) is 10.8. The number of aromatic nitrogens is 5. The van der Waals surface area contributed by atoms with E-state index in [0.717, 1.165) is 29.8 Å². The highest BCUT2D eigenvalue weighted by molar-refractivity contribution is 5.98. The summed E-state index contributed by atoms with van der Waals surface area (Å²) >= 11 is 0. The van der Waals surface area contributed by atoms with Gasteiger partial charge in [-0.1, -0.05) is 0 Å². The number of anilines is 2. The predicted octanol–water partition coefficient (Wildman–Crippen LogP) is 3.87. The molecule has 0 amide bonds. The highest BCUT2D eigenvalue weighted by Gasteiger charge is 2.29. The van der Waals surface area contributed by atoms with Gasteiger partial charge in [-0.2, -0.15) is 0 Å². The molecule has 4 aromatic rings. The van der Waals surface area contributed by atoms with Crippen LogP contribution in [0.1, 0.15) is 36.8 Å². The molecule has 0 atom stereocenters. The Bertz CT molecular complexity index is 1440. The minimum Gasteiger partial charge on any atom is -0.364 e. The summed E-state index contributed by atoms with van der Waals surface area (Å²) in [6.07, 6.45) is 7.06. The zero-order valence-electron chi connectivity index (χ0n) is 21.9. The van der Waals surface area contributed by atoms with Crippen molar-refractivity contribution < 1.29 is 4.79 Å². The molecule has 1 saturated heterocycles. The summed E-state index contributed by atoms with van der Waals surface area (Å²) in [5, 5.41) is 4.24. The number of hydrogen-bond acceptors (Lipinski definition) is 9. The summed E-state index contributed by atoms with van der Waals surface area (Å²) in [4.78, 5) is 40.3. The summed E-state index contributed by atoms with van der Waals surface area (Å²) < 4.78 is 0. The van der Waals surface area contributed by atoms with Crippen molar-refractivity contribution in [2.45, 2.75) is 38.8 Å². The molecule has 1 fully saturated rings. The molecular formula is C28H32N8O. The third kappa shape index (κ3) is 5.72. The molecular weight excluding hydrogens is 464 g/mol. The number of likely N-dealkylation sites (N-methyl/N-ethyl adjacent to an activating group) is 1. The van der Waals surface area contributed by atoms with Gasteiger partial charge in [-0.3, -0.25) is 14.8 Å². The minimum absolute atomic E-state index is 0.00293. The Morgan fingerprint density at radius 1 is 1.03 bits per heavy atom. The molecule has 1 aliphatic rings. The molecule has 0 bridgehead atoms. The first-order chi connectivity index (χ1) is 17.6. The highest BCUT2D eigenvalue weighted by atomic mass is 16.1. The van der Waals surface area contributed by atoms with Crippen LogP contribution in [0.15, 0.2) is 55.1 Å². The van der Waals surface area contributed by atoms with E-state index in [0.29, 0.717) is 34.5 Å². The number of hydrogen-bond donors (Lipinski definition) is 1. The molecule has 0 radical (unpaired) electrons. The van der Waals surface area contributed by atoms with Crippen LogP contribution in [-0.2, 0) is 6.42 Å². The molecule has 0 saturated carbocycles. The number of ketones is 1. The van der Waals surface area contributed by atoms with E-state index in [2.05, 4.69) is 69.9 Å². The maximum Gasteiger partial charge on any atom is 0.169 e. The van der Waals surface area contributed by atoms with E-state index >= 15 is 0 Å². The maximum absolute atomic E-state index is 13.1. The van der Waals surface area contributed by atoms with Crippen LogP contribution >= 0.6 is 0 Å². The minimum atomic E-state index is -0.128. The van der Waals surface area contributed by atoms with E-state index in [1.807, 2.05) is 24.3 Å². The van der Waals surface area contributed by atoms with Gasteiger partial charge in [0.15, 0.2) is 5.78 Å². The number of Topliss-reactive ketones (excluding diaryl/α,β-unsaturated/α-hetero) is 1. The predicted molar refractivity (Wildman–Crippen MR) is 146 cm³/mol. The first-order valence-corrected chi connectivity index (χ1v) is 12.4. The smallest absolute Gasteiger partial charge is 0.169 e. The Balaban J connectivity index is 1.33. The van der Waals surface area contributed by atoms with E-state index in [1.54, 1.807) is 30.9 Å². The molecule has 190 valence electrons. The molecule has 9 nitrogen and oxygen atoms in total. The first-order valence-electron chi connectivity index (χ1n) is 12.4. The molecule has 0 aromatic carbocycles. The van der Waals surface area contributed by atoms with E-state index in [9.17, 15) is 4.79 Å². The molecule has 0 aliphatic carbocycles. The third-order valence-electron chi connectivity index (χ3n) is 6.36. The van der Waals surface area contributed by atoms with Gasteiger partial charge in [0.25, 0.3) is 0 Å². The van der Waals surface area contributed by atoms with Crippen LogP contribution in [0.2, 0.25) is 0 Å². The number of carbonyl (C=O) groups excluding carboxylic acids is 1. The van der Waals surface area contributed by atoms with Gasteiger partial charge < -0.3 is 15.1 Å². The molecule has 0 unspecified atom stereocenters. The van der Waals surface area contributed by atoms with E-state index in [-0.39, 0.29) is 17.7 Å². The van der Waals surface area contributed by atoms with Crippen molar-refractivity contribution in [3.05, 3.63) is 66.4 Å². The van der Waals surface area contributed by atoms with E-state index < -0.39 is 0 Å². The fraction of sp³-hybridized carbons (Fsp3) is 0.357. The Hall–Kier alpha value is -3.98. The Morgan fingerprint density at radius 3 is 2.59 bits per heavy atom. The molecule has 1 N–H and O–H groups in total. The summed E-state index contributed by atoms with van der Waals surface area (Å²) in [6, 6.07) is 9.91. The average molecular weight is 497 g/mol. The number of pyridine rings is 3. The van der Waals surface area contributed by atoms with Crippen molar-refractivity contribution in [1.29, 1.82) is 0 Å². The quantitative estimate of drug-likeness (QED) is 0.382. The SMILES string of the molecule is CN(C)C1CN(c2cc(C(=O)Cc3cc4nc(-c5cncc(NC(C)(C)C)n5)ccc4cn3)ccn2)C1. The summed E-state index contributed by atoms with van der Waals surface area (Å²) in [7, 11) is 4.16. The van der Waals surface area contributed by atoms with Gasteiger partial charge in [0, 0.05) is 48.0 Å². The Kier molecular flexibility index (Phi) is 6.55. The van der Waals surface area contributed by atoms with Crippen molar-refractivity contribution in [3.63, 3.8) is 0 Å². The standard InChI is InChI=1S/C28H32N8O/c1-28(2,3)34-26-15-29-14-24(33-26)22-7-6-19-13-31-20(11-23(19)32-22)12-25(37)18-8-9-30-27(10-18)36-16-21(17-36)35(4)5/h6-11,13-15,21H,12,16-17H2,1-5H3,(H,33,34). The van der Waals surface area contributed by atoms with Crippen molar-refractivity contribution in [1.82, 2.24) is 29.8 Å². The van der Waals surface area contributed by atoms with Crippen LogP contribution in [0, 0.1) is 0 Å². The van der Waals surface area contributed by atoms with Gasteiger partial charge >= 0.3 is 0 Å². The van der Waals surface area contributed by atoms with E-state index in [1.165, 1.54) is 0 Å². The van der Waals surface area contributed by atoms with Crippen LogP contribution in [0.5, 0.6) is 0 Å². The monoisotopic (exact) mass is 496 g/mol. The van der Waals surface area contributed by atoms with Crippen molar-refractivity contribution >= 4 is 28.3 Å². The van der Waals surface area contributed by atoms with Crippen molar-refractivity contribution in [2.24, 2.45) is 0 Å². The van der Waals surface area contributed by atoms with Gasteiger partial charge in [-0.05, 0) is 65.2 Å². The molecule has 5 rings (SSSR count). The van der Waals surface area contributed by atoms with Crippen LogP contribution < -0.4 is 10.2 Å². The van der Waals surface area contributed by atoms with Gasteiger partial charge in [0.1, 0.15) is 17.3 Å². The van der Waals surface area contributed by atoms with Gasteiger partial charge in [-0.15, -0.1) is 0 Å². The fourth-order valence-electron chi connectivity index (χ4n) is 4.23. The second kappa shape index (κ2) is 9.82. The third-order valence-corrected chi connectivity index (χ3v) is 6.36. The first kappa shape index (κ1) is 24.7. The van der Waals surface area contributed by atoms with Crippen LogP contribution in [0.25, 0.3) is 22.3 Å². The second-order valence-electron chi connectivity index (χ2n) is 10.8. The number of carbonyl (C=O) groups is 1. The lowest BCUT2D eigenvalue weighted by Gasteiger charge is -2.43. The molecule has 9 heteroatoms. The normalized spacial score (nSPS) is 14.2. The summed E-state index contributed by atoms with van der Waals surface area (Å²) in [6.45, 7) is 8.05. The number of rotatable bonds is 7. The maximum atomic E-state index is 13.1. The largest absolute Gasteiger partial charge is 0.364 e. The number of nitrogens with zero attached hydrogens (tertiary/aromatic N) is 7. The lowest BCUT2D eigenvalue weighted by atomic mass is 10.0. The number of nitrogens with one attached hydrogen (secondary N) is 1. The van der Waals surface area contributed by atoms with Crippen molar-refractivity contribution in [3.8, 4) is 11.4 Å². The van der Waals surface area contributed by atoms with Crippen molar-refractivity contribution in [2.75, 3.05) is 37.4 Å². The Labute approximate surface area is 217 Å². The number of fused-ring (bicyclic) bond motifs is 1. The van der Waals surface area contributed by atoms with E-state index in [4.69, 9.17) is 4.98 Å². The fourth-order valence-corrected chi connectivity index (χ4v) is 4.23.